The van der Waals surface area contributed by atoms with Gasteiger partial charge < -0.3 is 0 Å². The number of fused-ring (bicyclic) bond motifs is 1. The summed E-state index contributed by atoms with van der Waals surface area (Å²) in [6.07, 6.45) is 1.29. The first-order valence-corrected chi connectivity index (χ1v) is 5.89. The zero-order valence-electron chi connectivity index (χ0n) is 7.78. The van der Waals surface area contributed by atoms with Crippen LogP contribution in [-0.2, 0) is 0 Å². The molecule has 0 N–H and O–H groups in total. The molecule has 0 nitrogen and oxygen atoms in total. The van der Waals surface area contributed by atoms with E-state index in [9.17, 15) is 0 Å². The van der Waals surface area contributed by atoms with Gasteiger partial charge >= 0.3 is 0 Å². The Morgan fingerprint density at radius 1 is 1.00 bits per heavy atom. The Morgan fingerprint density at radius 3 is 2.50 bits per heavy atom. The van der Waals surface area contributed by atoms with Gasteiger partial charge in [0, 0.05) is 4.83 Å². The second kappa shape index (κ2) is 3.09. The highest BCUT2D eigenvalue weighted by Gasteiger charge is 2.36. The third-order valence-corrected chi connectivity index (χ3v) is 3.95. The molecule has 0 amide bonds. The molecule has 1 saturated carbocycles. The lowest BCUT2D eigenvalue weighted by Gasteiger charge is -2.04. The van der Waals surface area contributed by atoms with Crippen molar-refractivity contribution in [1.29, 1.82) is 0 Å². The van der Waals surface area contributed by atoms with Crippen LogP contribution in [0, 0.1) is 0 Å². The van der Waals surface area contributed by atoms with E-state index in [-0.39, 0.29) is 0 Å². The molecule has 1 aliphatic carbocycles. The first kappa shape index (κ1) is 8.49. The molecule has 14 heavy (non-hydrogen) atoms. The van der Waals surface area contributed by atoms with Crippen LogP contribution >= 0.6 is 15.9 Å². The maximum Gasteiger partial charge on any atom is 0.0221 e. The smallest absolute Gasteiger partial charge is 0.0221 e. The van der Waals surface area contributed by atoms with Crippen LogP contribution in [0.3, 0.4) is 0 Å². The van der Waals surface area contributed by atoms with Crippen molar-refractivity contribution in [1.82, 2.24) is 0 Å². The molecule has 0 heterocycles. The Hall–Kier alpha value is -0.820. The SMILES string of the molecule is BrC1CC1c1cccc2ccccc12. The summed E-state index contributed by atoms with van der Waals surface area (Å²) in [5.41, 5.74) is 1.50. The molecule has 1 aliphatic rings. The van der Waals surface area contributed by atoms with Gasteiger partial charge in [0.25, 0.3) is 0 Å². The van der Waals surface area contributed by atoms with Gasteiger partial charge in [0.2, 0.25) is 0 Å². The lowest BCUT2D eigenvalue weighted by atomic mass is 10.0. The molecule has 0 bridgehead atoms. The molecule has 0 saturated heterocycles. The Labute approximate surface area is 92.1 Å². The molecule has 2 aromatic rings. The second-order valence-corrected chi connectivity index (χ2v) is 5.10. The van der Waals surface area contributed by atoms with Crippen LogP contribution in [0.5, 0.6) is 0 Å². The highest BCUT2D eigenvalue weighted by molar-refractivity contribution is 9.09. The van der Waals surface area contributed by atoms with Crippen molar-refractivity contribution in [3.05, 3.63) is 48.0 Å². The highest BCUT2D eigenvalue weighted by Crippen LogP contribution is 2.48. The predicted octanol–water partition coefficient (Wildman–Crippen LogP) is 4.09. The molecule has 70 valence electrons. The third-order valence-electron chi connectivity index (χ3n) is 2.94. The Bertz CT molecular complexity index is 470. The minimum absolute atomic E-state index is 0.702. The van der Waals surface area contributed by atoms with Gasteiger partial charge in [-0.05, 0) is 28.7 Å². The monoisotopic (exact) mass is 246 g/mol. The van der Waals surface area contributed by atoms with Gasteiger partial charge in [-0.2, -0.15) is 0 Å². The van der Waals surface area contributed by atoms with Crippen LogP contribution in [0.2, 0.25) is 0 Å². The van der Waals surface area contributed by atoms with E-state index in [0.717, 1.165) is 5.92 Å². The molecule has 0 aliphatic heterocycles. The molecule has 2 unspecified atom stereocenters. The number of benzene rings is 2. The van der Waals surface area contributed by atoms with Crippen LogP contribution < -0.4 is 0 Å². The summed E-state index contributed by atoms with van der Waals surface area (Å²) in [4.78, 5) is 0.702. The summed E-state index contributed by atoms with van der Waals surface area (Å²) in [6, 6.07) is 15.2. The third kappa shape index (κ3) is 1.27. The van der Waals surface area contributed by atoms with Gasteiger partial charge in [-0.3, -0.25) is 0 Å². The second-order valence-electron chi connectivity index (χ2n) is 3.93. The standard InChI is InChI=1S/C13H11Br/c14-13-8-12(13)11-7-3-5-9-4-1-2-6-10(9)11/h1-7,12-13H,8H2. The van der Waals surface area contributed by atoms with Crippen LogP contribution in [-0.4, -0.2) is 4.83 Å². The molecule has 1 fully saturated rings. The van der Waals surface area contributed by atoms with Crippen LogP contribution in [0.1, 0.15) is 17.9 Å². The molecule has 2 atom stereocenters. The first-order valence-electron chi connectivity index (χ1n) is 4.98. The van der Waals surface area contributed by atoms with Crippen LogP contribution in [0.4, 0.5) is 0 Å². The molecule has 1 heteroatoms. The van der Waals surface area contributed by atoms with Gasteiger partial charge in [0.15, 0.2) is 0 Å². The fourth-order valence-corrected chi connectivity index (χ4v) is 2.75. The quantitative estimate of drug-likeness (QED) is 0.666. The molecular weight excluding hydrogens is 236 g/mol. The molecule has 0 radical (unpaired) electrons. The maximum absolute atomic E-state index is 3.67. The largest absolute Gasteiger partial charge is 0.0884 e. The minimum Gasteiger partial charge on any atom is -0.0884 e. The molecule has 3 rings (SSSR count). The topological polar surface area (TPSA) is 0 Å². The summed E-state index contributed by atoms with van der Waals surface area (Å²) in [7, 11) is 0. The highest BCUT2D eigenvalue weighted by atomic mass is 79.9. The average molecular weight is 247 g/mol. The number of halogens is 1. The zero-order valence-corrected chi connectivity index (χ0v) is 9.37. The van der Waals surface area contributed by atoms with Crippen molar-refractivity contribution in [2.24, 2.45) is 0 Å². The van der Waals surface area contributed by atoms with Gasteiger partial charge in [0.05, 0.1) is 0 Å². The van der Waals surface area contributed by atoms with Crippen molar-refractivity contribution >= 4 is 26.7 Å². The van der Waals surface area contributed by atoms with Crippen molar-refractivity contribution in [2.75, 3.05) is 0 Å². The van der Waals surface area contributed by atoms with Gasteiger partial charge in [-0.25, -0.2) is 0 Å². The van der Waals surface area contributed by atoms with Crippen LogP contribution in [0.15, 0.2) is 42.5 Å². The normalized spacial score (nSPS) is 25.2. The summed E-state index contributed by atoms with van der Waals surface area (Å²) in [6.45, 7) is 0. The van der Waals surface area contributed by atoms with E-state index >= 15 is 0 Å². The van der Waals surface area contributed by atoms with Gasteiger partial charge in [-0.1, -0.05) is 58.4 Å². The lowest BCUT2D eigenvalue weighted by molar-refractivity contribution is 1.16. The summed E-state index contributed by atoms with van der Waals surface area (Å²) >= 11 is 3.67. The van der Waals surface area contributed by atoms with Gasteiger partial charge in [0.1, 0.15) is 0 Å². The first-order chi connectivity index (χ1) is 6.86. The predicted molar refractivity (Wildman–Crippen MR) is 64.0 cm³/mol. The van der Waals surface area contributed by atoms with Crippen molar-refractivity contribution in [3.8, 4) is 0 Å². The van der Waals surface area contributed by atoms with Crippen molar-refractivity contribution in [2.45, 2.75) is 17.2 Å². The molecule has 2 aromatic carbocycles. The van der Waals surface area contributed by atoms with E-state index in [1.54, 1.807) is 0 Å². The Balaban J connectivity index is 2.23. The Kier molecular flexibility index (Phi) is 1.88. The lowest BCUT2D eigenvalue weighted by Crippen LogP contribution is -1.84. The zero-order chi connectivity index (χ0) is 9.54. The van der Waals surface area contributed by atoms with E-state index in [0.29, 0.717) is 4.83 Å². The maximum atomic E-state index is 3.67. The van der Waals surface area contributed by atoms with E-state index in [4.69, 9.17) is 0 Å². The Morgan fingerprint density at radius 2 is 1.71 bits per heavy atom. The van der Waals surface area contributed by atoms with Gasteiger partial charge in [-0.15, -0.1) is 0 Å². The molecule has 0 aromatic heterocycles. The fourth-order valence-electron chi connectivity index (χ4n) is 2.06. The number of hydrogen-bond acceptors (Lipinski definition) is 0. The van der Waals surface area contributed by atoms with E-state index in [2.05, 4.69) is 58.4 Å². The fraction of sp³-hybridized carbons (Fsp3) is 0.231. The number of hydrogen-bond donors (Lipinski definition) is 0. The number of rotatable bonds is 1. The minimum atomic E-state index is 0.702. The molecule has 0 spiro atoms. The average Bonchev–Trinajstić information content (AvgIpc) is 2.95. The van der Waals surface area contributed by atoms with Crippen molar-refractivity contribution in [3.63, 3.8) is 0 Å². The van der Waals surface area contributed by atoms with E-state index in [1.807, 2.05) is 0 Å². The van der Waals surface area contributed by atoms with Crippen molar-refractivity contribution < 1.29 is 0 Å². The van der Waals surface area contributed by atoms with E-state index in [1.165, 1.54) is 22.8 Å². The summed E-state index contributed by atoms with van der Waals surface area (Å²) in [5.74, 6) is 0.737. The summed E-state index contributed by atoms with van der Waals surface area (Å²) in [5, 5.41) is 2.78. The molecular formula is C13H11Br. The van der Waals surface area contributed by atoms with E-state index < -0.39 is 0 Å². The van der Waals surface area contributed by atoms with Crippen LogP contribution in [0.25, 0.3) is 10.8 Å². The number of alkyl halides is 1. The summed E-state index contributed by atoms with van der Waals surface area (Å²) < 4.78 is 0.